The summed E-state index contributed by atoms with van der Waals surface area (Å²) in [5, 5.41) is 0.907. The van der Waals surface area contributed by atoms with Gasteiger partial charge in [0.25, 0.3) is 5.56 Å². The number of nitrogens with zero attached hydrogens (tertiary/aromatic N) is 1. The summed E-state index contributed by atoms with van der Waals surface area (Å²) in [6, 6.07) is 6.93. The molecule has 0 amide bonds. The molecule has 0 aliphatic heterocycles. The molecule has 0 aliphatic carbocycles. The second-order valence-corrected chi connectivity index (χ2v) is 6.26. The normalized spacial score (nSPS) is 10.7. The number of carbonyl (C=O) groups excluding carboxylic acids is 1. The molecule has 0 saturated heterocycles. The van der Waals surface area contributed by atoms with Gasteiger partial charge in [0, 0.05) is 11.1 Å². The minimum atomic E-state index is -0.147. The zero-order valence-electron chi connectivity index (χ0n) is 12.5. The molecule has 22 heavy (non-hydrogen) atoms. The molecule has 0 bridgehead atoms. The van der Waals surface area contributed by atoms with Gasteiger partial charge < -0.3 is 4.98 Å². The first kappa shape index (κ1) is 16.8. The number of hydrogen-bond donors (Lipinski definition) is 1. The lowest BCUT2D eigenvalue weighted by atomic mass is 10.1. The zero-order chi connectivity index (χ0) is 16.1. The van der Waals surface area contributed by atoms with Crippen LogP contribution in [0.15, 0.2) is 34.2 Å². The van der Waals surface area contributed by atoms with Crippen molar-refractivity contribution in [3.63, 3.8) is 0 Å². The number of rotatable bonds is 6. The molecule has 0 aliphatic rings. The number of aromatic amines is 1. The number of ketones is 1. The van der Waals surface area contributed by atoms with Gasteiger partial charge in [-0.05, 0) is 25.5 Å². The third-order valence-corrected chi connectivity index (χ3v) is 4.43. The molecule has 0 saturated carbocycles. The van der Waals surface area contributed by atoms with E-state index in [1.54, 1.807) is 31.2 Å². The number of aryl methyl sites for hydroxylation is 1. The Morgan fingerprint density at radius 2 is 2.09 bits per heavy atom. The summed E-state index contributed by atoms with van der Waals surface area (Å²) in [5.74, 6) is 0.0947. The van der Waals surface area contributed by atoms with Crippen molar-refractivity contribution in [2.45, 2.75) is 31.8 Å². The van der Waals surface area contributed by atoms with Crippen molar-refractivity contribution in [1.29, 1.82) is 0 Å². The third kappa shape index (κ3) is 3.99. The van der Waals surface area contributed by atoms with Gasteiger partial charge in [0.1, 0.15) is 0 Å². The van der Waals surface area contributed by atoms with E-state index in [0.717, 1.165) is 18.5 Å². The summed E-state index contributed by atoms with van der Waals surface area (Å²) >= 11 is 7.23. The number of thioether (sulfide) groups is 1. The fourth-order valence-electron chi connectivity index (χ4n) is 2.00. The molecule has 2 aromatic rings. The Labute approximate surface area is 138 Å². The van der Waals surface area contributed by atoms with E-state index in [4.69, 9.17) is 11.6 Å². The second-order valence-electron chi connectivity index (χ2n) is 4.88. The molecule has 4 nitrogen and oxygen atoms in total. The Bertz CT molecular complexity index is 743. The molecule has 0 unspecified atom stereocenters. The van der Waals surface area contributed by atoms with Crippen LogP contribution in [0.3, 0.4) is 0 Å². The molecule has 0 atom stereocenters. The molecule has 1 aromatic heterocycles. The number of halogens is 1. The number of carbonyl (C=O) groups is 1. The Kier molecular flexibility index (Phi) is 5.80. The first-order valence-electron chi connectivity index (χ1n) is 7.03. The van der Waals surface area contributed by atoms with E-state index in [0.29, 0.717) is 21.3 Å². The van der Waals surface area contributed by atoms with Gasteiger partial charge in [-0.1, -0.05) is 48.8 Å². The van der Waals surface area contributed by atoms with E-state index in [9.17, 15) is 9.59 Å². The van der Waals surface area contributed by atoms with E-state index >= 15 is 0 Å². The van der Waals surface area contributed by atoms with Crippen LogP contribution in [0.1, 0.15) is 35.0 Å². The van der Waals surface area contributed by atoms with Crippen molar-refractivity contribution in [3.8, 4) is 0 Å². The highest BCUT2D eigenvalue weighted by Crippen LogP contribution is 2.20. The highest BCUT2D eigenvalue weighted by molar-refractivity contribution is 7.99. The summed E-state index contributed by atoms with van der Waals surface area (Å²) in [5.41, 5.74) is 1.77. The highest BCUT2D eigenvalue weighted by atomic mass is 35.5. The van der Waals surface area contributed by atoms with Crippen LogP contribution < -0.4 is 5.56 Å². The number of aromatic nitrogens is 2. The Morgan fingerprint density at radius 3 is 2.77 bits per heavy atom. The Hall–Kier alpha value is -1.59. The molecule has 1 heterocycles. The number of hydrogen-bond acceptors (Lipinski definition) is 4. The maximum Gasteiger partial charge on any atom is 0.254 e. The predicted octanol–water partition coefficient (Wildman–Crippen LogP) is 3.66. The molecule has 1 N–H and O–H groups in total. The van der Waals surface area contributed by atoms with Crippen LogP contribution in [-0.2, 0) is 6.42 Å². The van der Waals surface area contributed by atoms with E-state index in [1.165, 1.54) is 11.8 Å². The van der Waals surface area contributed by atoms with Gasteiger partial charge in [-0.15, -0.1) is 0 Å². The van der Waals surface area contributed by atoms with Crippen molar-refractivity contribution >= 4 is 29.1 Å². The number of H-pyrrole nitrogens is 1. The minimum absolute atomic E-state index is 0.0872. The first-order valence-corrected chi connectivity index (χ1v) is 8.39. The van der Waals surface area contributed by atoms with Gasteiger partial charge in [0.2, 0.25) is 0 Å². The summed E-state index contributed by atoms with van der Waals surface area (Å²) in [6.07, 6.45) is 1.67. The van der Waals surface area contributed by atoms with E-state index < -0.39 is 0 Å². The average Bonchev–Trinajstić information content (AvgIpc) is 2.50. The number of benzene rings is 1. The largest absolute Gasteiger partial charge is 0.301 e. The van der Waals surface area contributed by atoms with E-state index in [-0.39, 0.29) is 17.1 Å². The SMILES string of the molecule is CCCc1nc(SCC(=O)c2ccccc2Cl)[nH]c(=O)c1C. The van der Waals surface area contributed by atoms with Gasteiger partial charge in [0.05, 0.1) is 16.5 Å². The summed E-state index contributed by atoms with van der Waals surface area (Å²) in [7, 11) is 0. The monoisotopic (exact) mass is 336 g/mol. The van der Waals surface area contributed by atoms with Gasteiger partial charge in [-0.2, -0.15) is 0 Å². The van der Waals surface area contributed by atoms with Crippen LogP contribution in [0, 0.1) is 6.92 Å². The van der Waals surface area contributed by atoms with Gasteiger partial charge in [-0.3, -0.25) is 9.59 Å². The molecule has 0 spiro atoms. The first-order chi connectivity index (χ1) is 10.5. The van der Waals surface area contributed by atoms with Crippen molar-refractivity contribution in [2.24, 2.45) is 0 Å². The summed E-state index contributed by atoms with van der Waals surface area (Å²) in [4.78, 5) is 31.2. The lowest BCUT2D eigenvalue weighted by Crippen LogP contribution is -2.16. The quantitative estimate of drug-likeness (QED) is 0.497. The number of Topliss-reactive ketones (excluding diaryl/α,β-unsaturated/α-hetero) is 1. The summed E-state index contributed by atoms with van der Waals surface area (Å²) in [6.45, 7) is 3.80. The minimum Gasteiger partial charge on any atom is -0.301 e. The fourth-order valence-corrected chi connectivity index (χ4v) is 3.01. The molecule has 1 aromatic carbocycles. The van der Waals surface area contributed by atoms with E-state index in [1.807, 2.05) is 6.92 Å². The molecular formula is C16H17ClN2O2S. The standard InChI is InChI=1S/C16H17ClN2O2S/c1-3-6-13-10(2)15(21)19-16(18-13)22-9-14(20)11-7-4-5-8-12(11)17/h4-5,7-8H,3,6,9H2,1-2H3,(H,18,19,21). The molecule has 0 fully saturated rings. The lowest BCUT2D eigenvalue weighted by molar-refractivity contribution is 0.102. The maximum atomic E-state index is 12.2. The second kappa shape index (κ2) is 7.61. The van der Waals surface area contributed by atoms with Crippen LogP contribution in [0.5, 0.6) is 0 Å². The van der Waals surface area contributed by atoms with Crippen LogP contribution >= 0.6 is 23.4 Å². The van der Waals surface area contributed by atoms with Gasteiger partial charge in [-0.25, -0.2) is 4.98 Å². The van der Waals surface area contributed by atoms with Crippen LogP contribution in [0.25, 0.3) is 0 Å². The molecule has 0 radical (unpaired) electrons. The van der Waals surface area contributed by atoms with Crippen molar-refractivity contribution in [2.75, 3.05) is 5.75 Å². The zero-order valence-corrected chi connectivity index (χ0v) is 14.1. The highest BCUT2D eigenvalue weighted by Gasteiger charge is 2.12. The molecule has 2 rings (SSSR count). The number of nitrogens with one attached hydrogen (secondary N) is 1. The van der Waals surface area contributed by atoms with Crippen LogP contribution in [0.2, 0.25) is 5.02 Å². The van der Waals surface area contributed by atoms with E-state index in [2.05, 4.69) is 9.97 Å². The molecular weight excluding hydrogens is 320 g/mol. The average molecular weight is 337 g/mol. The van der Waals surface area contributed by atoms with Crippen LogP contribution in [0.4, 0.5) is 0 Å². The van der Waals surface area contributed by atoms with Crippen molar-refractivity contribution in [1.82, 2.24) is 9.97 Å². The summed E-state index contributed by atoms with van der Waals surface area (Å²) < 4.78 is 0. The smallest absolute Gasteiger partial charge is 0.254 e. The van der Waals surface area contributed by atoms with Crippen LogP contribution in [-0.4, -0.2) is 21.5 Å². The van der Waals surface area contributed by atoms with Gasteiger partial charge in [0.15, 0.2) is 10.9 Å². The topological polar surface area (TPSA) is 62.8 Å². The maximum absolute atomic E-state index is 12.2. The third-order valence-electron chi connectivity index (χ3n) is 3.23. The van der Waals surface area contributed by atoms with Crippen molar-refractivity contribution in [3.05, 3.63) is 56.5 Å². The van der Waals surface area contributed by atoms with Crippen molar-refractivity contribution < 1.29 is 4.79 Å². The Morgan fingerprint density at radius 1 is 1.36 bits per heavy atom. The lowest BCUT2D eigenvalue weighted by Gasteiger charge is -2.06. The fraction of sp³-hybridized carbons (Fsp3) is 0.312. The Balaban J connectivity index is 2.13. The predicted molar refractivity (Wildman–Crippen MR) is 90.1 cm³/mol. The molecule has 116 valence electrons. The molecule has 6 heteroatoms. The van der Waals surface area contributed by atoms with Gasteiger partial charge >= 0.3 is 0 Å².